The number of aryl methyl sites for hydroxylation is 1. The molecule has 0 aromatic heterocycles. The Morgan fingerprint density at radius 2 is 1.61 bits per heavy atom. The number of hydrogen-bond acceptors (Lipinski definition) is 3. The van der Waals surface area contributed by atoms with Crippen LogP contribution >= 0.6 is 0 Å². The molecule has 0 bridgehead atoms. The molecule has 0 unspecified atom stereocenters. The highest BCUT2D eigenvalue weighted by molar-refractivity contribution is 5.76. The number of alkyl halides is 6. The number of halogens is 6. The Kier molecular flexibility index (Phi) is 8.72. The molecule has 10 heteroatoms. The van der Waals surface area contributed by atoms with Gasteiger partial charge in [-0.15, -0.1) is 0 Å². The lowest BCUT2D eigenvalue weighted by Crippen LogP contribution is -2.47. The van der Waals surface area contributed by atoms with Crippen LogP contribution in [0.5, 0.6) is 0 Å². The van der Waals surface area contributed by atoms with Crippen LogP contribution in [-0.4, -0.2) is 43.1 Å². The molecule has 2 saturated heterocycles. The van der Waals surface area contributed by atoms with E-state index >= 15 is 0 Å². The van der Waals surface area contributed by atoms with Crippen molar-refractivity contribution in [3.63, 3.8) is 0 Å². The SMILES string of the molecule is Cc1ccccc1[C@@H]1CCN(C(=O)CC2CCNCC2)C[C@@H]1OCc1cc(C(F)(F)F)cc(C(F)(F)F)c1. The predicted octanol–water partition coefficient (Wildman–Crippen LogP) is 6.32. The van der Waals surface area contributed by atoms with Crippen LogP contribution in [0.25, 0.3) is 0 Å². The largest absolute Gasteiger partial charge is 0.416 e. The number of rotatable bonds is 6. The van der Waals surface area contributed by atoms with Crippen molar-refractivity contribution in [2.24, 2.45) is 5.92 Å². The molecule has 2 fully saturated rings. The first kappa shape index (κ1) is 28.4. The van der Waals surface area contributed by atoms with Gasteiger partial charge in [0.2, 0.25) is 5.91 Å². The summed E-state index contributed by atoms with van der Waals surface area (Å²) in [6, 6.07) is 9.19. The summed E-state index contributed by atoms with van der Waals surface area (Å²) in [5.41, 5.74) is -0.941. The van der Waals surface area contributed by atoms with Crippen molar-refractivity contribution in [3.05, 3.63) is 70.3 Å². The fourth-order valence-electron chi connectivity index (χ4n) is 5.44. The maximum atomic E-state index is 13.3. The van der Waals surface area contributed by atoms with Crippen LogP contribution in [0.1, 0.15) is 59.4 Å². The van der Waals surface area contributed by atoms with E-state index in [9.17, 15) is 31.1 Å². The highest BCUT2D eigenvalue weighted by Crippen LogP contribution is 2.38. The minimum Gasteiger partial charge on any atom is -0.371 e. The molecule has 0 radical (unpaired) electrons. The average molecular weight is 543 g/mol. The first-order valence-electron chi connectivity index (χ1n) is 12.9. The van der Waals surface area contributed by atoms with Crippen LogP contribution < -0.4 is 5.32 Å². The van der Waals surface area contributed by atoms with Gasteiger partial charge in [-0.05, 0) is 80.1 Å². The topological polar surface area (TPSA) is 41.6 Å². The molecule has 2 aromatic rings. The number of nitrogens with zero attached hydrogens (tertiary/aromatic N) is 1. The molecule has 0 aliphatic carbocycles. The number of ether oxygens (including phenoxy) is 1. The van der Waals surface area contributed by atoms with Crippen molar-refractivity contribution < 1.29 is 35.9 Å². The molecule has 208 valence electrons. The summed E-state index contributed by atoms with van der Waals surface area (Å²) in [5.74, 6) is 0.155. The average Bonchev–Trinajstić information content (AvgIpc) is 2.87. The predicted molar refractivity (Wildman–Crippen MR) is 130 cm³/mol. The number of hydrogen-bond donors (Lipinski definition) is 1. The molecule has 38 heavy (non-hydrogen) atoms. The zero-order valence-corrected chi connectivity index (χ0v) is 21.2. The van der Waals surface area contributed by atoms with Crippen LogP contribution in [0.3, 0.4) is 0 Å². The number of amides is 1. The number of piperidine rings is 2. The Hall–Kier alpha value is -2.59. The van der Waals surface area contributed by atoms with Crippen molar-refractivity contribution in [2.45, 2.75) is 63.6 Å². The highest BCUT2D eigenvalue weighted by Gasteiger charge is 2.38. The second-order valence-electron chi connectivity index (χ2n) is 10.3. The fourth-order valence-corrected chi connectivity index (χ4v) is 5.44. The van der Waals surface area contributed by atoms with E-state index in [1.165, 1.54) is 0 Å². The van der Waals surface area contributed by atoms with E-state index in [1.807, 2.05) is 31.2 Å². The summed E-state index contributed by atoms with van der Waals surface area (Å²) in [5, 5.41) is 3.28. The van der Waals surface area contributed by atoms with Crippen molar-refractivity contribution in [1.29, 1.82) is 0 Å². The van der Waals surface area contributed by atoms with Crippen LogP contribution in [0.4, 0.5) is 26.3 Å². The molecule has 2 aliphatic rings. The minimum absolute atomic E-state index is 0.00663. The molecule has 2 atom stereocenters. The zero-order valence-electron chi connectivity index (χ0n) is 21.2. The van der Waals surface area contributed by atoms with E-state index in [0.29, 0.717) is 37.4 Å². The number of carbonyl (C=O) groups excluding carboxylic acids is 1. The maximum absolute atomic E-state index is 13.3. The van der Waals surface area contributed by atoms with Crippen molar-refractivity contribution >= 4 is 5.91 Å². The standard InChI is InChI=1S/C28H32F6N2O2/c1-18-4-2-3-5-23(18)24-8-11-36(26(37)14-19-6-9-35-10-7-19)16-25(24)38-17-20-12-21(27(29,30)31)15-22(13-20)28(32,33)34/h2-5,12-13,15,19,24-25,35H,6-11,14,16-17H2,1H3/t24-,25-/m0/s1. The Bertz CT molecular complexity index is 1080. The fraction of sp³-hybridized carbons (Fsp3) is 0.536. The first-order valence-corrected chi connectivity index (χ1v) is 12.9. The van der Waals surface area contributed by atoms with Gasteiger partial charge in [0.05, 0.1) is 23.8 Å². The smallest absolute Gasteiger partial charge is 0.371 e. The third kappa shape index (κ3) is 7.08. The second kappa shape index (κ2) is 11.7. The Labute approximate surface area is 218 Å². The number of nitrogens with one attached hydrogen (secondary N) is 1. The number of likely N-dealkylation sites (tertiary alicyclic amines) is 1. The maximum Gasteiger partial charge on any atom is 0.416 e. The Morgan fingerprint density at radius 3 is 2.21 bits per heavy atom. The molecular weight excluding hydrogens is 510 g/mol. The summed E-state index contributed by atoms with van der Waals surface area (Å²) in [6.07, 6.45) is -7.59. The van der Waals surface area contributed by atoms with Gasteiger partial charge in [-0.3, -0.25) is 4.79 Å². The van der Waals surface area contributed by atoms with Gasteiger partial charge in [0.1, 0.15) is 0 Å². The van der Waals surface area contributed by atoms with Gasteiger partial charge in [-0.2, -0.15) is 26.3 Å². The summed E-state index contributed by atoms with van der Waals surface area (Å²) in [4.78, 5) is 14.8. The summed E-state index contributed by atoms with van der Waals surface area (Å²) in [7, 11) is 0. The first-order chi connectivity index (χ1) is 17.9. The van der Waals surface area contributed by atoms with Gasteiger partial charge < -0.3 is 15.0 Å². The summed E-state index contributed by atoms with van der Waals surface area (Å²) in [6.45, 7) is 4.00. The third-order valence-corrected chi connectivity index (χ3v) is 7.53. The van der Waals surface area contributed by atoms with Crippen LogP contribution in [-0.2, 0) is 28.5 Å². The molecule has 1 N–H and O–H groups in total. The zero-order chi connectivity index (χ0) is 27.5. The second-order valence-corrected chi connectivity index (χ2v) is 10.3. The van der Waals surface area contributed by atoms with E-state index in [2.05, 4.69) is 5.32 Å². The van der Waals surface area contributed by atoms with Gasteiger partial charge in [-0.1, -0.05) is 24.3 Å². The third-order valence-electron chi connectivity index (χ3n) is 7.53. The van der Waals surface area contributed by atoms with E-state index in [0.717, 1.165) is 37.1 Å². The van der Waals surface area contributed by atoms with E-state index in [-0.39, 0.29) is 30.0 Å². The van der Waals surface area contributed by atoms with E-state index in [4.69, 9.17) is 4.74 Å². The lowest BCUT2D eigenvalue weighted by Gasteiger charge is -2.40. The molecule has 4 nitrogen and oxygen atoms in total. The van der Waals surface area contributed by atoms with E-state index in [1.54, 1.807) is 4.90 Å². The van der Waals surface area contributed by atoms with E-state index < -0.39 is 36.2 Å². The minimum atomic E-state index is -4.93. The molecule has 2 heterocycles. The molecule has 0 saturated carbocycles. The number of carbonyl (C=O) groups is 1. The van der Waals surface area contributed by atoms with Gasteiger partial charge in [-0.25, -0.2) is 0 Å². The van der Waals surface area contributed by atoms with Gasteiger partial charge in [0, 0.05) is 25.4 Å². The van der Waals surface area contributed by atoms with Crippen molar-refractivity contribution in [2.75, 3.05) is 26.2 Å². The lowest BCUT2D eigenvalue weighted by atomic mass is 9.84. The van der Waals surface area contributed by atoms with Gasteiger partial charge in [0.15, 0.2) is 0 Å². The van der Waals surface area contributed by atoms with Crippen molar-refractivity contribution in [3.8, 4) is 0 Å². The molecule has 2 aromatic carbocycles. The monoisotopic (exact) mass is 542 g/mol. The summed E-state index contributed by atoms with van der Waals surface area (Å²) >= 11 is 0. The molecule has 2 aliphatic heterocycles. The summed E-state index contributed by atoms with van der Waals surface area (Å²) < 4.78 is 86.1. The van der Waals surface area contributed by atoms with Crippen LogP contribution in [0.15, 0.2) is 42.5 Å². The number of benzene rings is 2. The van der Waals surface area contributed by atoms with Gasteiger partial charge in [0.25, 0.3) is 0 Å². The highest BCUT2D eigenvalue weighted by atomic mass is 19.4. The Morgan fingerprint density at radius 1 is 0.974 bits per heavy atom. The molecule has 4 rings (SSSR count). The normalized spacial score (nSPS) is 21.5. The van der Waals surface area contributed by atoms with Crippen LogP contribution in [0, 0.1) is 12.8 Å². The Balaban J connectivity index is 1.55. The van der Waals surface area contributed by atoms with Crippen LogP contribution in [0.2, 0.25) is 0 Å². The quantitative estimate of drug-likeness (QED) is 0.434. The van der Waals surface area contributed by atoms with Crippen molar-refractivity contribution in [1.82, 2.24) is 10.2 Å². The molecular formula is C28H32F6N2O2. The van der Waals surface area contributed by atoms with Gasteiger partial charge >= 0.3 is 12.4 Å². The lowest BCUT2D eigenvalue weighted by molar-refractivity contribution is -0.143. The molecule has 0 spiro atoms. The molecule has 1 amide bonds.